The fourth-order valence-electron chi connectivity index (χ4n) is 1.37. The molecule has 0 aliphatic rings. The summed E-state index contributed by atoms with van der Waals surface area (Å²) < 4.78 is 0. The second kappa shape index (κ2) is 4.44. The van der Waals surface area contributed by atoms with E-state index in [2.05, 4.69) is 16.9 Å². The molecule has 2 rings (SSSR count). The van der Waals surface area contributed by atoms with Crippen molar-refractivity contribution < 1.29 is 0 Å². The third kappa shape index (κ3) is 1.89. The minimum Gasteiger partial charge on any atom is -0.360 e. The molecule has 0 unspecified atom stereocenters. The van der Waals surface area contributed by atoms with Crippen molar-refractivity contribution in [3.63, 3.8) is 0 Å². The van der Waals surface area contributed by atoms with Crippen LogP contribution in [-0.2, 0) is 0 Å². The predicted octanol–water partition coefficient (Wildman–Crippen LogP) is 2.39. The van der Waals surface area contributed by atoms with E-state index in [1.807, 2.05) is 24.4 Å². The Morgan fingerprint density at radius 2 is 2.21 bits per heavy atom. The van der Waals surface area contributed by atoms with Crippen LogP contribution < -0.4 is 5.73 Å². The molecule has 2 aromatic heterocycles. The van der Waals surface area contributed by atoms with Crippen molar-refractivity contribution in [1.82, 2.24) is 9.97 Å². The molecule has 0 aliphatic heterocycles. The smallest absolute Gasteiger partial charge is 0.0882 e. The number of hydrogen-bond donors (Lipinski definition) is 2. The van der Waals surface area contributed by atoms with Crippen LogP contribution in [-0.4, -0.2) is 9.97 Å². The summed E-state index contributed by atoms with van der Waals surface area (Å²) in [6.07, 6.45) is 2.81. The van der Waals surface area contributed by atoms with Gasteiger partial charge in [-0.3, -0.25) is 0 Å². The third-order valence-corrected chi connectivity index (χ3v) is 2.25. The number of halogens is 1. The lowest BCUT2D eigenvalue weighted by Crippen LogP contribution is -2.10. The maximum Gasteiger partial charge on any atom is 0.0882 e. The van der Waals surface area contributed by atoms with Gasteiger partial charge in [-0.25, -0.2) is 4.98 Å². The Kier molecular flexibility index (Phi) is 3.49. The minimum absolute atomic E-state index is 0. The lowest BCUT2D eigenvalue weighted by atomic mass is 10.1. The molecule has 76 valence electrons. The topological polar surface area (TPSA) is 54.7 Å². The Labute approximate surface area is 89.1 Å². The van der Waals surface area contributed by atoms with Gasteiger partial charge in [-0.1, -0.05) is 6.92 Å². The molecule has 4 heteroatoms. The van der Waals surface area contributed by atoms with Gasteiger partial charge >= 0.3 is 0 Å². The number of aromatic amines is 1. The van der Waals surface area contributed by atoms with E-state index in [-0.39, 0.29) is 18.4 Å². The molecule has 3 nitrogen and oxygen atoms in total. The van der Waals surface area contributed by atoms with Crippen LogP contribution in [0.5, 0.6) is 0 Å². The normalized spacial score (nSPS) is 12.4. The molecule has 2 aromatic rings. The Bertz CT molecular complexity index is 410. The molecule has 0 saturated heterocycles. The summed E-state index contributed by atoms with van der Waals surface area (Å²) in [5.74, 6) is 0. The van der Waals surface area contributed by atoms with Gasteiger partial charge in [-0.15, -0.1) is 12.4 Å². The van der Waals surface area contributed by atoms with E-state index in [4.69, 9.17) is 5.73 Å². The van der Waals surface area contributed by atoms with Gasteiger partial charge in [-0.05, 0) is 24.6 Å². The van der Waals surface area contributed by atoms with E-state index in [1.54, 1.807) is 0 Å². The van der Waals surface area contributed by atoms with Gasteiger partial charge in [0.25, 0.3) is 0 Å². The fraction of sp³-hybridized carbons (Fsp3) is 0.300. The van der Waals surface area contributed by atoms with Crippen molar-refractivity contribution in [2.24, 2.45) is 5.73 Å². The van der Waals surface area contributed by atoms with E-state index in [1.165, 1.54) is 0 Å². The molecule has 0 spiro atoms. The number of nitrogens with one attached hydrogen (secondary N) is 1. The molecular weight excluding hydrogens is 198 g/mol. The highest BCUT2D eigenvalue weighted by Gasteiger charge is 2.05. The molecule has 0 radical (unpaired) electrons. The Balaban J connectivity index is 0.000000980. The number of H-pyrrole nitrogens is 1. The first-order valence-corrected chi connectivity index (χ1v) is 4.51. The number of rotatable bonds is 2. The number of fused-ring (bicyclic) bond motifs is 1. The molecule has 14 heavy (non-hydrogen) atoms. The molecule has 1 atom stereocenters. The van der Waals surface area contributed by atoms with E-state index >= 15 is 0 Å². The Morgan fingerprint density at radius 1 is 1.43 bits per heavy atom. The minimum atomic E-state index is 0. The summed E-state index contributed by atoms with van der Waals surface area (Å²) in [7, 11) is 0. The van der Waals surface area contributed by atoms with Crippen LogP contribution in [0.1, 0.15) is 25.1 Å². The van der Waals surface area contributed by atoms with Gasteiger partial charge in [-0.2, -0.15) is 0 Å². The first-order chi connectivity index (χ1) is 6.31. The van der Waals surface area contributed by atoms with Crippen molar-refractivity contribution in [2.75, 3.05) is 0 Å². The van der Waals surface area contributed by atoms with Crippen LogP contribution in [0.15, 0.2) is 24.4 Å². The molecule has 3 N–H and O–H groups in total. The van der Waals surface area contributed by atoms with Crippen molar-refractivity contribution in [3.05, 3.63) is 30.1 Å². The zero-order valence-electron chi connectivity index (χ0n) is 8.03. The summed E-state index contributed by atoms with van der Waals surface area (Å²) in [5, 5.41) is 0. The van der Waals surface area contributed by atoms with Crippen LogP contribution >= 0.6 is 12.4 Å². The maximum atomic E-state index is 5.88. The zero-order valence-corrected chi connectivity index (χ0v) is 8.84. The maximum absolute atomic E-state index is 5.88. The van der Waals surface area contributed by atoms with Crippen molar-refractivity contribution in [1.29, 1.82) is 0 Å². The molecule has 2 heterocycles. The summed E-state index contributed by atoms with van der Waals surface area (Å²) in [5.41, 5.74) is 8.90. The summed E-state index contributed by atoms with van der Waals surface area (Å²) in [4.78, 5) is 7.55. The Morgan fingerprint density at radius 3 is 2.93 bits per heavy atom. The highest BCUT2D eigenvalue weighted by Crippen LogP contribution is 2.15. The van der Waals surface area contributed by atoms with Gasteiger partial charge in [0.1, 0.15) is 0 Å². The lowest BCUT2D eigenvalue weighted by molar-refractivity contribution is 0.679. The first-order valence-electron chi connectivity index (χ1n) is 4.51. The standard InChI is InChI=1S/C10H13N3.ClH/c1-2-7(11)8-3-4-9-10(13-8)5-6-12-9;/h3-7,12H,2,11H2,1H3;1H/t7-;/m1./s1. The number of nitrogens with zero attached hydrogens (tertiary/aromatic N) is 1. The predicted molar refractivity (Wildman–Crippen MR) is 60.6 cm³/mol. The van der Waals surface area contributed by atoms with Gasteiger partial charge < -0.3 is 10.7 Å². The molecule has 0 aliphatic carbocycles. The summed E-state index contributed by atoms with van der Waals surface area (Å²) in [6, 6.07) is 6.01. The molecule has 0 fully saturated rings. The van der Waals surface area contributed by atoms with Crippen LogP contribution in [0, 0.1) is 0 Å². The zero-order chi connectivity index (χ0) is 9.26. The molecule has 0 saturated carbocycles. The largest absolute Gasteiger partial charge is 0.360 e. The first kappa shape index (κ1) is 11.0. The monoisotopic (exact) mass is 211 g/mol. The van der Waals surface area contributed by atoms with Crippen LogP contribution in [0.25, 0.3) is 11.0 Å². The lowest BCUT2D eigenvalue weighted by Gasteiger charge is -2.07. The summed E-state index contributed by atoms with van der Waals surface area (Å²) in [6.45, 7) is 2.06. The van der Waals surface area contributed by atoms with Crippen LogP contribution in [0.2, 0.25) is 0 Å². The van der Waals surface area contributed by atoms with Crippen molar-refractivity contribution in [3.8, 4) is 0 Å². The second-order valence-corrected chi connectivity index (χ2v) is 3.16. The quantitative estimate of drug-likeness (QED) is 0.802. The SMILES string of the molecule is CC[C@@H](N)c1ccc2[nH]ccc2n1.Cl. The van der Waals surface area contributed by atoms with Crippen molar-refractivity contribution >= 4 is 23.4 Å². The van der Waals surface area contributed by atoms with Gasteiger partial charge in [0.05, 0.1) is 16.7 Å². The molecule has 0 bridgehead atoms. The fourth-order valence-corrected chi connectivity index (χ4v) is 1.37. The van der Waals surface area contributed by atoms with E-state index in [0.717, 1.165) is 23.1 Å². The van der Waals surface area contributed by atoms with Gasteiger partial charge in [0, 0.05) is 12.2 Å². The van der Waals surface area contributed by atoms with Crippen molar-refractivity contribution in [2.45, 2.75) is 19.4 Å². The summed E-state index contributed by atoms with van der Waals surface area (Å²) >= 11 is 0. The van der Waals surface area contributed by atoms with E-state index in [0.29, 0.717) is 0 Å². The van der Waals surface area contributed by atoms with E-state index < -0.39 is 0 Å². The number of nitrogens with two attached hydrogens (primary N) is 1. The number of hydrogen-bond acceptors (Lipinski definition) is 2. The second-order valence-electron chi connectivity index (χ2n) is 3.16. The average Bonchev–Trinajstić information content (AvgIpc) is 2.63. The highest BCUT2D eigenvalue weighted by atomic mass is 35.5. The van der Waals surface area contributed by atoms with Crippen LogP contribution in [0.4, 0.5) is 0 Å². The van der Waals surface area contributed by atoms with E-state index in [9.17, 15) is 0 Å². The molecule has 0 amide bonds. The van der Waals surface area contributed by atoms with Crippen LogP contribution in [0.3, 0.4) is 0 Å². The molecular formula is C10H14ClN3. The third-order valence-electron chi connectivity index (χ3n) is 2.25. The number of pyridine rings is 1. The molecule has 0 aromatic carbocycles. The van der Waals surface area contributed by atoms with Gasteiger partial charge in [0.2, 0.25) is 0 Å². The average molecular weight is 212 g/mol. The highest BCUT2D eigenvalue weighted by molar-refractivity contribution is 5.85. The van der Waals surface area contributed by atoms with Gasteiger partial charge in [0.15, 0.2) is 0 Å². The number of aromatic nitrogens is 2. The Hall–Kier alpha value is -1.06.